The number of hydrogen-bond acceptors (Lipinski definition) is 22. The van der Waals surface area contributed by atoms with Crippen molar-refractivity contribution in [3.05, 3.63) is 20.8 Å². The lowest BCUT2D eigenvalue weighted by Gasteiger charge is -2.42. The molecule has 5 unspecified atom stereocenters. The number of hydrogen-bond donors (Lipinski definition) is 5. The van der Waals surface area contributed by atoms with E-state index >= 15 is 0 Å². The first-order valence-electron chi connectivity index (χ1n) is 11.3. The first-order valence-corrected chi connectivity index (χ1v) is 11.3. The highest BCUT2D eigenvalue weighted by Crippen LogP contribution is 2.28. The molecule has 0 saturated carbocycles. The van der Waals surface area contributed by atoms with Crippen LogP contribution < -0.4 is 0 Å². The minimum atomic E-state index is -2.11. The second-order valence-electron chi connectivity index (χ2n) is 7.92. The van der Waals surface area contributed by atoms with Crippen LogP contribution in [0.2, 0.25) is 0 Å². The van der Waals surface area contributed by atoms with Gasteiger partial charge >= 0.3 is 23.9 Å². The number of carbonyl (C=O) groups is 4. The van der Waals surface area contributed by atoms with Gasteiger partial charge in [0.25, 0.3) is 0 Å². The number of esters is 4. The zero-order valence-electron chi connectivity index (χ0n) is 20.6. The van der Waals surface area contributed by atoms with Crippen LogP contribution >= 0.6 is 0 Å². The fourth-order valence-corrected chi connectivity index (χ4v) is 3.00. The Bertz CT molecular complexity index is 812. The van der Waals surface area contributed by atoms with Crippen LogP contribution in [0.3, 0.4) is 0 Å². The van der Waals surface area contributed by atoms with Crippen LogP contribution in [-0.2, 0) is 42.9 Å². The van der Waals surface area contributed by atoms with Gasteiger partial charge in [-0.05, 0) is 0 Å². The van der Waals surface area contributed by atoms with Crippen molar-refractivity contribution < 1.29 is 68.8 Å². The van der Waals surface area contributed by atoms with Gasteiger partial charge in [0.15, 0.2) is 12.2 Å². The molecule has 1 saturated heterocycles. The van der Waals surface area contributed by atoms with Crippen LogP contribution in [0.25, 0.3) is 0 Å². The van der Waals surface area contributed by atoms with E-state index in [2.05, 4.69) is 0 Å². The number of nitrogens with zero attached hydrogens (tertiary/aromatic N) is 4. The van der Waals surface area contributed by atoms with E-state index in [4.69, 9.17) is 44.5 Å². The number of carbonyl (C=O) groups excluding carboxylic acids is 4. The van der Waals surface area contributed by atoms with Gasteiger partial charge in [-0.3, -0.25) is 40.1 Å². The summed E-state index contributed by atoms with van der Waals surface area (Å²) in [6, 6.07) is 0. The second-order valence-corrected chi connectivity index (χ2v) is 7.92. The van der Waals surface area contributed by atoms with Crippen molar-refractivity contribution in [2.45, 2.75) is 56.4 Å². The summed E-state index contributed by atoms with van der Waals surface area (Å²) in [5.41, 5.74) is 0. The largest absolute Gasteiger partial charge is 0.762 e. The summed E-state index contributed by atoms with van der Waals surface area (Å²) in [5, 5.41) is 85.8. The fourth-order valence-electron chi connectivity index (χ4n) is 3.00. The molecule has 0 radical (unpaired) electrons. The Kier molecular flexibility index (Phi) is 15.8. The Morgan fingerprint density at radius 2 is 1.00 bits per heavy atom. The van der Waals surface area contributed by atoms with Crippen molar-refractivity contribution in [1.82, 2.24) is 20.9 Å². The molecule has 0 bridgehead atoms. The summed E-state index contributed by atoms with van der Waals surface area (Å²) >= 11 is 0. The number of aliphatic hydroxyl groups is 1. The van der Waals surface area contributed by atoms with Crippen molar-refractivity contribution in [3.8, 4) is 0 Å². The Labute approximate surface area is 224 Å². The molecular formula is C18H28N4O18-4. The van der Waals surface area contributed by atoms with Gasteiger partial charge in [-0.1, -0.05) is 0 Å². The maximum Gasteiger partial charge on any atom is 0.309 e. The van der Waals surface area contributed by atoms with Gasteiger partial charge in [-0.25, -0.2) is 0 Å². The molecule has 22 heteroatoms. The highest BCUT2D eigenvalue weighted by atomic mass is 16.8. The predicted molar refractivity (Wildman–Crippen MR) is 117 cm³/mol. The first-order chi connectivity index (χ1) is 18.7. The lowest BCUT2D eigenvalue weighted by molar-refractivity contribution is -0.299. The standard InChI is InChI=1S/C18H28N4O18/c23-11(1-5-19(28)29)36-9-10-16(38-12(24)2-6-20(30)31)15(27)17(39-13(25)3-7-21(32)33)18(37-10)40-14(26)4-8-22(34)35/h10,15-18,27-28,30,32,34H,1-9H2/q-4. The molecule has 1 aliphatic rings. The lowest BCUT2D eigenvalue weighted by Crippen LogP contribution is -2.62. The van der Waals surface area contributed by atoms with Gasteiger partial charge in [0.1, 0.15) is 18.8 Å². The van der Waals surface area contributed by atoms with Crippen LogP contribution in [0.15, 0.2) is 0 Å². The monoisotopic (exact) mass is 588 g/mol. The van der Waals surface area contributed by atoms with Gasteiger partial charge in [0, 0.05) is 26.2 Å². The summed E-state index contributed by atoms with van der Waals surface area (Å²) < 4.78 is 25.3. The van der Waals surface area contributed by atoms with E-state index in [0.717, 1.165) is 0 Å². The molecule has 0 amide bonds. The van der Waals surface area contributed by atoms with Crippen LogP contribution in [0, 0.1) is 20.8 Å². The molecule has 22 nitrogen and oxygen atoms in total. The van der Waals surface area contributed by atoms with E-state index in [1.165, 1.54) is 0 Å². The van der Waals surface area contributed by atoms with E-state index in [1.807, 2.05) is 0 Å². The Hall–Kier alpha value is -2.68. The zero-order valence-corrected chi connectivity index (χ0v) is 20.6. The van der Waals surface area contributed by atoms with Crippen LogP contribution in [0.1, 0.15) is 25.7 Å². The molecule has 1 aliphatic heterocycles. The third-order valence-corrected chi connectivity index (χ3v) is 4.84. The molecule has 40 heavy (non-hydrogen) atoms. The van der Waals surface area contributed by atoms with Crippen molar-refractivity contribution in [3.63, 3.8) is 0 Å². The SMILES string of the molecule is O=C(CCN([O-])O)OCC1OC(OC(=O)CCN([O-])O)C(OC(=O)CCN([O-])O)C(O)C1OC(=O)CCN([O-])O. The van der Waals surface area contributed by atoms with Gasteiger partial charge in [-0.15, -0.1) is 0 Å². The van der Waals surface area contributed by atoms with Gasteiger partial charge < -0.3 is 70.4 Å². The maximum atomic E-state index is 12.2. The maximum absolute atomic E-state index is 12.2. The Balaban J connectivity index is 3.18. The van der Waals surface area contributed by atoms with Crippen LogP contribution in [-0.4, -0.2) is 134 Å². The third-order valence-electron chi connectivity index (χ3n) is 4.84. The second kappa shape index (κ2) is 17.9. The summed E-state index contributed by atoms with van der Waals surface area (Å²) in [6.07, 6.45) is -12.5. The van der Waals surface area contributed by atoms with Crippen LogP contribution in [0.4, 0.5) is 0 Å². The fraction of sp³-hybridized carbons (Fsp3) is 0.778. The van der Waals surface area contributed by atoms with E-state index < -0.39 is 134 Å². The minimum Gasteiger partial charge on any atom is -0.762 e. The highest BCUT2D eigenvalue weighted by Gasteiger charge is 2.51. The highest BCUT2D eigenvalue weighted by molar-refractivity contribution is 5.71. The van der Waals surface area contributed by atoms with E-state index in [-0.39, 0.29) is 0 Å². The molecule has 0 aromatic rings. The quantitative estimate of drug-likeness (QED) is 0.0655. The zero-order chi connectivity index (χ0) is 30.4. The Morgan fingerprint density at radius 1 is 0.625 bits per heavy atom. The van der Waals surface area contributed by atoms with Gasteiger partial charge in [-0.2, -0.15) is 0 Å². The molecule has 1 rings (SSSR count). The molecule has 1 heterocycles. The normalized spacial score (nSPS) is 23.0. The molecule has 1 fully saturated rings. The smallest absolute Gasteiger partial charge is 0.309 e. The van der Waals surface area contributed by atoms with Crippen LogP contribution in [0.5, 0.6) is 0 Å². The average Bonchev–Trinajstić information content (AvgIpc) is 2.86. The Morgan fingerprint density at radius 3 is 1.43 bits per heavy atom. The average molecular weight is 588 g/mol. The van der Waals surface area contributed by atoms with Gasteiger partial charge in [0.05, 0.1) is 25.7 Å². The summed E-state index contributed by atoms with van der Waals surface area (Å²) in [4.78, 5) is 48.3. The molecule has 0 aromatic carbocycles. The van der Waals surface area contributed by atoms with E-state index in [1.54, 1.807) is 0 Å². The van der Waals surface area contributed by atoms with Gasteiger partial charge in [0.2, 0.25) is 6.29 Å². The minimum absolute atomic E-state index is 0.556. The van der Waals surface area contributed by atoms with Crippen molar-refractivity contribution in [1.29, 1.82) is 0 Å². The first kappa shape index (κ1) is 35.3. The van der Waals surface area contributed by atoms with Crippen molar-refractivity contribution in [2.75, 3.05) is 32.8 Å². The molecule has 0 aliphatic carbocycles. The lowest BCUT2D eigenvalue weighted by atomic mass is 9.98. The number of hydroxylamine groups is 8. The predicted octanol–water partition coefficient (Wildman–Crippen LogP) is -2.70. The van der Waals surface area contributed by atoms with E-state index in [0.29, 0.717) is 0 Å². The topological polar surface area (TPSA) is 321 Å². The molecule has 5 atom stereocenters. The van der Waals surface area contributed by atoms with E-state index in [9.17, 15) is 45.1 Å². The summed E-state index contributed by atoms with van der Waals surface area (Å²) in [6.45, 7) is -3.84. The number of ether oxygens (including phenoxy) is 5. The summed E-state index contributed by atoms with van der Waals surface area (Å²) in [7, 11) is 0. The molecule has 232 valence electrons. The molecule has 0 spiro atoms. The summed E-state index contributed by atoms with van der Waals surface area (Å²) in [5.74, 6) is -4.75. The van der Waals surface area contributed by atoms with Crippen molar-refractivity contribution in [2.24, 2.45) is 0 Å². The number of rotatable bonds is 17. The molecule has 0 aromatic heterocycles. The number of aliphatic hydroxyl groups excluding tert-OH is 1. The molecular weight excluding hydrogens is 560 g/mol. The molecule has 5 N–H and O–H groups in total. The third kappa shape index (κ3) is 14.1. The van der Waals surface area contributed by atoms with Crippen molar-refractivity contribution >= 4 is 23.9 Å².